The van der Waals surface area contributed by atoms with Gasteiger partial charge in [0.15, 0.2) is 0 Å². The van der Waals surface area contributed by atoms with Crippen molar-refractivity contribution >= 4 is 41.1 Å². The van der Waals surface area contributed by atoms with Crippen molar-refractivity contribution < 1.29 is 24.2 Å². The van der Waals surface area contributed by atoms with Crippen LogP contribution in [0.2, 0.25) is 10.0 Å². The quantitative estimate of drug-likeness (QED) is 0.574. The van der Waals surface area contributed by atoms with E-state index in [0.29, 0.717) is 61.0 Å². The van der Waals surface area contributed by atoms with Gasteiger partial charge in [-0.3, -0.25) is 14.5 Å². The number of nitrogens with one attached hydrogen (secondary N) is 1. The Kier molecular flexibility index (Phi) is 7.62. The number of amides is 3. The van der Waals surface area contributed by atoms with E-state index in [1.807, 2.05) is 0 Å². The standard InChI is InChI=1S/C25H32Cl2N4O5/c26-19-3-15(4-20(27)7-19)14-36-25(35)30-2-1-21(10-30)28-24(34)16-5-17-8-29(9-18(17)6-16)13-23(33)31-11-22(32)12-31/h3-4,7,16-18,21-22,32H,1-2,5-6,8-14H2,(H,28,34)/t16?,17?,18?,21-/m0/s1. The van der Waals surface area contributed by atoms with E-state index in [4.69, 9.17) is 27.9 Å². The maximum absolute atomic E-state index is 12.9. The molecule has 36 heavy (non-hydrogen) atoms. The summed E-state index contributed by atoms with van der Waals surface area (Å²) in [5.41, 5.74) is 0.721. The highest BCUT2D eigenvalue weighted by atomic mass is 35.5. The number of likely N-dealkylation sites (tertiary alicyclic amines) is 3. The van der Waals surface area contributed by atoms with Crippen molar-refractivity contribution in [1.29, 1.82) is 0 Å². The van der Waals surface area contributed by atoms with Gasteiger partial charge in [-0.25, -0.2) is 4.79 Å². The molecule has 0 bridgehead atoms. The minimum atomic E-state index is -0.416. The van der Waals surface area contributed by atoms with Crippen LogP contribution in [-0.4, -0.2) is 95.7 Å². The van der Waals surface area contributed by atoms with E-state index >= 15 is 0 Å². The third kappa shape index (κ3) is 5.90. The molecule has 3 saturated heterocycles. The lowest BCUT2D eigenvalue weighted by Crippen LogP contribution is -2.55. The first-order valence-electron chi connectivity index (χ1n) is 12.6. The van der Waals surface area contributed by atoms with Crippen LogP contribution < -0.4 is 5.32 Å². The Morgan fingerprint density at radius 1 is 0.972 bits per heavy atom. The Morgan fingerprint density at radius 2 is 1.64 bits per heavy atom. The molecule has 0 radical (unpaired) electrons. The SMILES string of the molecule is O=C(N[C@H]1CCN(C(=O)OCc2cc(Cl)cc(Cl)c2)C1)C1CC2CN(CC(=O)N3CC(O)C3)CC2C1. The second kappa shape index (κ2) is 10.7. The molecule has 2 N–H and O–H groups in total. The smallest absolute Gasteiger partial charge is 0.410 e. The monoisotopic (exact) mass is 538 g/mol. The van der Waals surface area contributed by atoms with Gasteiger partial charge in [-0.05, 0) is 54.9 Å². The molecule has 1 aromatic carbocycles. The molecule has 3 amide bonds. The summed E-state index contributed by atoms with van der Waals surface area (Å²) in [5.74, 6) is 0.999. The van der Waals surface area contributed by atoms with E-state index in [0.717, 1.165) is 31.5 Å². The van der Waals surface area contributed by atoms with E-state index in [9.17, 15) is 19.5 Å². The highest BCUT2D eigenvalue weighted by Gasteiger charge is 2.44. The Hall–Kier alpha value is -2.07. The minimum Gasteiger partial charge on any atom is -0.445 e. The summed E-state index contributed by atoms with van der Waals surface area (Å²) in [5, 5.41) is 13.5. The highest BCUT2D eigenvalue weighted by Crippen LogP contribution is 2.41. The molecule has 4 fully saturated rings. The van der Waals surface area contributed by atoms with Crippen LogP contribution in [0.25, 0.3) is 0 Å². The number of nitrogens with zero attached hydrogens (tertiary/aromatic N) is 3. The second-order valence-electron chi connectivity index (χ2n) is 10.6. The van der Waals surface area contributed by atoms with E-state index < -0.39 is 6.09 Å². The second-order valence-corrected chi connectivity index (χ2v) is 11.5. The molecule has 4 aliphatic rings. The molecule has 1 saturated carbocycles. The van der Waals surface area contributed by atoms with Crippen molar-refractivity contribution in [2.24, 2.45) is 17.8 Å². The Morgan fingerprint density at radius 3 is 2.28 bits per heavy atom. The Bertz CT molecular complexity index is 986. The van der Waals surface area contributed by atoms with Crippen LogP contribution in [0.4, 0.5) is 4.79 Å². The zero-order valence-electron chi connectivity index (χ0n) is 20.1. The molecular formula is C25H32Cl2N4O5. The summed E-state index contributed by atoms with van der Waals surface area (Å²) in [6.45, 7) is 4.02. The number of carbonyl (C=O) groups is 3. The third-order valence-electron chi connectivity index (χ3n) is 7.85. The number of aliphatic hydroxyl groups is 1. The number of hydrogen-bond donors (Lipinski definition) is 2. The van der Waals surface area contributed by atoms with Crippen LogP contribution in [0.5, 0.6) is 0 Å². The van der Waals surface area contributed by atoms with Crippen molar-refractivity contribution in [1.82, 2.24) is 20.0 Å². The van der Waals surface area contributed by atoms with Gasteiger partial charge in [0, 0.05) is 61.3 Å². The fourth-order valence-corrected chi connectivity index (χ4v) is 6.56. The molecule has 1 aliphatic carbocycles. The lowest BCUT2D eigenvalue weighted by atomic mass is 10.0. The lowest BCUT2D eigenvalue weighted by molar-refractivity contribution is -0.142. The number of β-amino-alcohol motifs (C(OH)–C–C–N with tert-alkyl or cyclic N) is 1. The summed E-state index contributed by atoms with van der Waals surface area (Å²) in [4.78, 5) is 43.2. The van der Waals surface area contributed by atoms with Crippen molar-refractivity contribution in [3.05, 3.63) is 33.8 Å². The topological polar surface area (TPSA) is 102 Å². The average molecular weight is 539 g/mol. The van der Waals surface area contributed by atoms with E-state index in [1.54, 1.807) is 28.0 Å². The van der Waals surface area contributed by atoms with Crippen LogP contribution in [-0.2, 0) is 20.9 Å². The van der Waals surface area contributed by atoms with Gasteiger partial charge in [0.1, 0.15) is 6.61 Å². The molecule has 196 valence electrons. The van der Waals surface area contributed by atoms with Gasteiger partial charge in [-0.15, -0.1) is 0 Å². The molecule has 9 nitrogen and oxygen atoms in total. The third-order valence-corrected chi connectivity index (χ3v) is 8.29. The highest BCUT2D eigenvalue weighted by molar-refractivity contribution is 6.34. The van der Waals surface area contributed by atoms with Gasteiger partial charge in [0.2, 0.25) is 11.8 Å². The fourth-order valence-electron chi connectivity index (χ4n) is 5.98. The van der Waals surface area contributed by atoms with Gasteiger partial charge >= 0.3 is 6.09 Å². The number of ether oxygens (including phenoxy) is 1. The number of hydrogen-bond acceptors (Lipinski definition) is 6. The molecule has 0 aromatic heterocycles. The minimum absolute atomic E-state index is 0.0167. The van der Waals surface area contributed by atoms with Crippen LogP contribution in [0, 0.1) is 17.8 Å². The molecule has 1 aromatic rings. The summed E-state index contributed by atoms with van der Waals surface area (Å²) >= 11 is 12.0. The van der Waals surface area contributed by atoms with Gasteiger partial charge in [-0.2, -0.15) is 0 Å². The summed E-state index contributed by atoms with van der Waals surface area (Å²) < 4.78 is 5.41. The molecule has 0 spiro atoms. The lowest BCUT2D eigenvalue weighted by Gasteiger charge is -2.36. The molecule has 2 unspecified atom stereocenters. The molecule has 3 heterocycles. The summed E-state index contributed by atoms with van der Waals surface area (Å²) in [6, 6.07) is 4.96. The van der Waals surface area contributed by atoms with Crippen molar-refractivity contribution in [2.75, 3.05) is 45.8 Å². The van der Waals surface area contributed by atoms with Crippen LogP contribution in [0.3, 0.4) is 0 Å². The number of carbonyl (C=O) groups excluding carboxylic acids is 3. The van der Waals surface area contributed by atoms with Crippen LogP contribution in [0.1, 0.15) is 24.8 Å². The molecule has 3 atom stereocenters. The summed E-state index contributed by atoms with van der Waals surface area (Å²) in [7, 11) is 0. The van der Waals surface area contributed by atoms with Crippen LogP contribution >= 0.6 is 23.2 Å². The first-order valence-corrected chi connectivity index (χ1v) is 13.3. The van der Waals surface area contributed by atoms with Gasteiger partial charge < -0.3 is 25.0 Å². The average Bonchev–Trinajstić information content (AvgIpc) is 3.50. The summed E-state index contributed by atoms with van der Waals surface area (Å²) in [6.07, 6.45) is 1.58. The number of halogens is 2. The fraction of sp³-hybridized carbons (Fsp3) is 0.640. The number of fused-ring (bicyclic) bond motifs is 1. The maximum atomic E-state index is 12.9. The zero-order valence-corrected chi connectivity index (χ0v) is 21.6. The van der Waals surface area contributed by atoms with Gasteiger partial charge in [-0.1, -0.05) is 23.2 Å². The molecule has 11 heteroatoms. The Labute approximate surface area is 220 Å². The van der Waals surface area contributed by atoms with E-state index in [2.05, 4.69) is 10.2 Å². The maximum Gasteiger partial charge on any atom is 0.410 e. The van der Waals surface area contributed by atoms with Crippen molar-refractivity contribution in [2.45, 2.75) is 38.0 Å². The van der Waals surface area contributed by atoms with E-state index in [-0.39, 0.29) is 36.5 Å². The first-order chi connectivity index (χ1) is 17.2. The number of benzene rings is 1. The van der Waals surface area contributed by atoms with Gasteiger partial charge in [0.25, 0.3) is 0 Å². The molecular weight excluding hydrogens is 507 g/mol. The molecule has 5 rings (SSSR count). The first kappa shape index (κ1) is 25.6. The van der Waals surface area contributed by atoms with Crippen LogP contribution in [0.15, 0.2) is 18.2 Å². The molecule has 3 aliphatic heterocycles. The number of rotatable bonds is 6. The zero-order chi connectivity index (χ0) is 25.4. The van der Waals surface area contributed by atoms with E-state index in [1.165, 1.54) is 0 Å². The van der Waals surface area contributed by atoms with Gasteiger partial charge in [0.05, 0.1) is 12.6 Å². The predicted molar refractivity (Wildman–Crippen MR) is 133 cm³/mol. The van der Waals surface area contributed by atoms with Crippen molar-refractivity contribution in [3.63, 3.8) is 0 Å². The normalized spacial score (nSPS) is 28.2. The largest absolute Gasteiger partial charge is 0.445 e. The number of aliphatic hydroxyl groups excluding tert-OH is 1. The van der Waals surface area contributed by atoms with Crippen molar-refractivity contribution in [3.8, 4) is 0 Å². The predicted octanol–water partition coefficient (Wildman–Crippen LogP) is 1.98. The Balaban J connectivity index is 1.02.